The second kappa shape index (κ2) is 6.39. The van der Waals surface area contributed by atoms with Crippen LogP contribution in [0.15, 0.2) is 34.7 Å². The molecule has 0 bridgehead atoms. The molecule has 1 aromatic heterocycles. The summed E-state index contributed by atoms with van der Waals surface area (Å²) in [5.41, 5.74) is 0.925. The summed E-state index contributed by atoms with van der Waals surface area (Å²) >= 11 is 0. The monoisotopic (exact) mass is 275 g/mol. The highest BCUT2D eigenvalue weighted by molar-refractivity contribution is 5.77. The summed E-state index contributed by atoms with van der Waals surface area (Å²) in [4.78, 5) is 0. The zero-order valence-electron chi connectivity index (χ0n) is 11.8. The second-order valence-electron chi connectivity index (χ2n) is 5.17. The molecule has 0 aliphatic carbocycles. The molecule has 1 unspecified atom stereocenters. The predicted octanol–water partition coefficient (Wildman–Crippen LogP) is 2.89. The van der Waals surface area contributed by atoms with Gasteiger partial charge in [0.1, 0.15) is 11.3 Å². The van der Waals surface area contributed by atoms with E-state index in [1.165, 1.54) is 0 Å². The number of hydrogen-bond acceptors (Lipinski definition) is 4. The number of likely N-dealkylation sites (N-methyl/N-ethyl adjacent to an activating group) is 1. The second-order valence-corrected chi connectivity index (χ2v) is 5.17. The maximum absolute atomic E-state index is 5.98. The van der Waals surface area contributed by atoms with Crippen molar-refractivity contribution in [2.75, 3.05) is 26.9 Å². The molecule has 3 rings (SSSR count). The van der Waals surface area contributed by atoms with Crippen LogP contribution in [-0.2, 0) is 9.47 Å². The Balaban J connectivity index is 1.65. The number of para-hydroxylation sites is 1. The zero-order valence-corrected chi connectivity index (χ0v) is 11.8. The Bertz CT molecular complexity index is 512. The lowest BCUT2D eigenvalue weighted by atomic mass is 10.1. The fourth-order valence-corrected chi connectivity index (χ4v) is 2.56. The van der Waals surface area contributed by atoms with Gasteiger partial charge in [-0.05, 0) is 32.0 Å². The topological polar surface area (TPSA) is 43.6 Å². The molecule has 20 heavy (non-hydrogen) atoms. The molecule has 1 fully saturated rings. The van der Waals surface area contributed by atoms with E-state index < -0.39 is 0 Å². The minimum absolute atomic E-state index is 0.0882. The fourth-order valence-electron chi connectivity index (χ4n) is 2.56. The number of rotatable bonds is 5. The van der Waals surface area contributed by atoms with Gasteiger partial charge in [0.05, 0.1) is 18.8 Å². The third-order valence-electron chi connectivity index (χ3n) is 3.80. The van der Waals surface area contributed by atoms with E-state index in [0.29, 0.717) is 12.7 Å². The molecule has 0 radical (unpaired) electrons. The van der Waals surface area contributed by atoms with Crippen LogP contribution < -0.4 is 5.32 Å². The Morgan fingerprint density at radius 1 is 1.30 bits per heavy atom. The molecule has 1 saturated heterocycles. The van der Waals surface area contributed by atoms with E-state index in [1.807, 2.05) is 25.2 Å². The Kier molecular flexibility index (Phi) is 4.35. The van der Waals surface area contributed by atoms with Gasteiger partial charge in [0, 0.05) is 18.6 Å². The number of nitrogens with one attached hydrogen (secondary N) is 1. The molecular weight excluding hydrogens is 254 g/mol. The van der Waals surface area contributed by atoms with Gasteiger partial charge in [0.25, 0.3) is 0 Å². The first-order valence-corrected chi connectivity index (χ1v) is 7.22. The van der Waals surface area contributed by atoms with Crippen molar-refractivity contribution in [1.29, 1.82) is 0 Å². The van der Waals surface area contributed by atoms with Gasteiger partial charge < -0.3 is 19.2 Å². The van der Waals surface area contributed by atoms with Crippen LogP contribution in [0.5, 0.6) is 0 Å². The Morgan fingerprint density at radius 2 is 2.10 bits per heavy atom. The van der Waals surface area contributed by atoms with E-state index in [4.69, 9.17) is 13.9 Å². The molecule has 0 saturated carbocycles. The molecule has 2 aromatic rings. The summed E-state index contributed by atoms with van der Waals surface area (Å²) in [5, 5.41) is 4.40. The van der Waals surface area contributed by atoms with E-state index >= 15 is 0 Å². The van der Waals surface area contributed by atoms with E-state index in [2.05, 4.69) is 17.4 Å². The van der Waals surface area contributed by atoms with Gasteiger partial charge in [-0.15, -0.1) is 0 Å². The molecular formula is C16H21NO3. The van der Waals surface area contributed by atoms with E-state index in [9.17, 15) is 0 Å². The minimum atomic E-state index is 0.0882. The molecule has 0 spiro atoms. The summed E-state index contributed by atoms with van der Waals surface area (Å²) in [6.45, 7) is 2.24. The molecule has 1 N–H and O–H groups in total. The van der Waals surface area contributed by atoms with Gasteiger partial charge in [0.15, 0.2) is 0 Å². The summed E-state index contributed by atoms with van der Waals surface area (Å²) in [7, 11) is 1.94. The largest absolute Gasteiger partial charge is 0.459 e. The number of benzene rings is 1. The smallest absolute Gasteiger partial charge is 0.134 e. The summed E-state index contributed by atoms with van der Waals surface area (Å²) in [6.07, 6.45) is 2.27. The van der Waals surface area contributed by atoms with E-state index in [-0.39, 0.29) is 6.04 Å². The maximum atomic E-state index is 5.98. The third kappa shape index (κ3) is 3.03. The van der Waals surface area contributed by atoms with Crippen LogP contribution >= 0.6 is 0 Å². The summed E-state index contributed by atoms with van der Waals surface area (Å²) in [6, 6.07) is 10.2. The van der Waals surface area contributed by atoms with Crippen molar-refractivity contribution < 1.29 is 13.9 Å². The fraction of sp³-hybridized carbons (Fsp3) is 0.500. The molecule has 1 aromatic carbocycles. The van der Waals surface area contributed by atoms with E-state index in [0.717, 1.165) is 42.8 Å². The first kappa shape index (κ1) is 13.6. The predicted molar refractivity (Wildman–Crippen MR) is 77.8 cm³/mol. The molecule has 1 atom stereocenters. The van der Waals surface area contributed by atoms with Crippen LogP contribution in [0.3, 0.4) is 0 Å². The van der Waals surface area contributed by atoms with E-state index in [1.54, 1.807) is 0 Å². The maximum Gasteiger partial charge on any atom is 0.134 e. The average Bonchev–Trinajstić information content (AvgIpc) is 2.92. The van der Waals surface area contributed by atoms with Crippen molar-refractivity contribution in [2.45, 2.75) is 25.0 Å². The Hall–Kier alpha value is -1.36. The van der Waals surface area contributed by atoms with Crippen LogP contribution in [0.4, 0.5) is 0 Å². The van der Waals surface area contributed by atoms with Crippen LogP contribution in [0.1, 0.15) is 24.6 Å². The van der Waals surface area contributed by atoms with Crippen molar-refractivity contribution in [3.8, 4) is 0 Å². The third-order valence-corrected chi connectivity index (χ3v) is 3.80. The van der Waals surface area contributed by atoms with Crippen molar-refractivity contribution in [1.82, 2.24) is 5.32 Å². The number of furan rings is 1. The van der Waals surface area contributed by atoms with Gasteiger partial charge in [-0.2, -0.15) is 0 Å². The SMILES string of the molecule is CNC(COC1CCOCC1)c1cc2ccccc2o1. The Labute approximate surface area is 119 Å². The van der Waals surface area contributed by atoms with Crippen LogP contribution in [-0.4, -0.2) is 33.0 Å². The highest BCUT2D eigenvalue weighted by atomic mass is 16.5. The molecule has 2 heterocycles. The standard InChI is InChI=1S/C16H21NO3/c1-17-14(11-19-13-6-8-18-9-7-13)16-10-12-4-2-3-5-15(12)20-16/h2-5,10,13-14,17H,6-9,11H2,1H3. The lowest BCUT2D eigenvalue weighted by Gasteiger charge is -2.24. The highest BCUT2D eigenvalue weighted by Crippen LogP contribution is 2.24. The first-order chi connectivity index (χ1) is 9.86. The van der Waals surface area contributed by atoms with Crippen molar-refractivity contribution in [3.63, 3.8) is 0 Å². The summed E-state index contributed by atoms with van der Waals surface area (Å²) < 4.78 is 17.2. The summed E-state index contributed by atoms with van der Waals surface area (Å²) in [5.74, 6) is 0.931. The molecule has 1 aliphatic heterocycles. The number of ether oxygens (including phenoxy) is 2. The average molecular weight is 275 g/mol. The number of fused-ring (bicyclic) bond motifs is 1. The lowest BCUT2D eigenvalue weighted by Crippen LogP contribution is -2.28. The molecule has 1 aliphatic rings. The van der Waals surface area contributed by atoms with Crippen molar-refractivity contribution in [2.24, 2.45) is 0 Å². The molecule has 0 amide bonds. The van der Waals surface area contributed by atoms with Crippen molar-refractivity contribution >= 4 is 11.0 Å². The lowest BCUT2D eigenvalue weighted by molar-refractivity contribution is -0.0390. The Morgan fingerprint density at radius 3 is 2.85 bits per heavy atom. The molecule has 108 valence electrons. The first-order valence-electron chi connectivity index (χ1n) is 7.22. The molecule has 4 nitrogen and oxygen atoms in total. The van der Waals surface area contributed by atoms with Crippen molar-refractivity contribution in [3.05, 3.63) is 36.1 Å². The molecule has 4 heteroatoms. The van der Waals surface area contributed by atoms with Gasteiger partial charge >= 0.3 is 0 Å². The quantitative estimate of drug-likeness (QED) is 0.911. The van der Waals surface area contributed by atoms with Gasteiger partial charge in [-0.1, -0.05) is 18.2 Å². The zero-order chi connectivity index (χ0) is 13.8. The van der Waals surface area contributed by atoms with Crippen LogP contribution in [0.2, 0.25) is 0 Å². The van der Waals surface area contributed by atoms with Crippen LogP contribution in [0, 0.1) is 0 Å². The normalized spacial score (nSPS) is 18.4. The highest BCUT2D eigenvalue weighted by Gasteiger charge is 2.19. The number of hydrogen-bond donors (Lipinski definition) is 1. The van der Waals surface area contributed by atoms with Gasteiger partial charge in [0.2, 0.25) is 0 Å². The van der Waals surface area contributed by atoms with Gasteiger partial charge in [-0.25, -0.2) is 0 Å². The minimum Gasteiger partial charge on any atom is -0.459 e. The van der Waals surface area contributed by atoms with Crippen LogP contribution in [0.25, 0.3) is 11.0 Å². The van der Waals surface area contributed by atoms with Gasteiger partial charge in [-0.3, -0.25) is 0 Å².